The quantitative estimate of drug-likeness (QED) is 0.588. The Kier molecular flexibility index (Phi) is 6.75. The number of rotatable bonds is 8. The average molecular weight is 287 g/mol. The Balaban J connectivity index is 1.78. The number of aliphatic hydroxyl groups is 1. The fraction of sp³-hybridized carbons (Fsp3) is 0.556. The van der Waals surface area contributed by atoms with Gasteiger partial charge in [-0.2, -0.15) is 0 Å². The van der Waals surface area contributed by atoms with E-state index in [1.54, 1.807) is 0 Å². The van der Waals surface area contributed by atoms with Crippen molar-refractivity contribution < 1.29 is 9.84 Å². The van der Waals surface area contributed by atoms with E-state index in [9.17, 15) is 0 Å². The van der Waals surface area contributed by atoms with Gasteiger partial charge < -0.3 is 9.84 Å². The molecule has 0 aromatic heterocycles. The summed E-state index contributed by atoms with van der Waals surface area (Å²) in [7, 11) is 2.11. The van der Waals surface area contributed by atoms with Crippen LogP contribution in [0.25, 0.3) is 0 Å². The van der Waals surface area contributed by atoms with Crippen LogP contribution in [0.4, 0.5) is 0 Å². The lowest BCUT2D eigenvalue weighted by Gasteiger charge is -2.17. The number of likely N-dealkylation sites (N-methyl/N-ethyl adjacent to an activating group) is 1. The van der Waals surface area contributed by atoms with Crippen LogP contribution in [-0.4, -0.2) is 43.4 Å². The minimum atomic E-state index is 0.118. The molecule has 2 rings (SSSR count). The summed E-state index contributed by atoms with van der Waals surface area (Å²) >= 11 is 0. The summed E-state index contributed by atoms with van der Waals surface area (Å²) in [4.78, 5) is 2.26. The van der Waals surface area contributed by atoms with Crippen molar-refractivity contribution in [1.82, 2.24) is 4.90 Å². The molecular formula is C18H25NO2. The van der Waals surface area contributed by atoms with Crippen LogP contribution in [0.3, 0.4) is 0 Å². The van der Waals surface area contributed by atoms with Crippen LogP contribution in [0.5, 0.6) is 0 Å². The molecule has 1 saturated carbocycles. The molecule has 114 valence electrons. The second kappa shape index (κ2) is 8.84. The Bertz CT molecular complexity index is 485. The first-order chi connectivity index (χ1) is 10.3. The Hall–Kier alpha value is -1.34. The predicted octanol–water partition coefficient (Wildman–Crippen LogP) is 2.28. The molecule has 0 bridgehead atoms. The zero-order valence-electron chi connectivity index (χ0n) is 12.8. The van der Waals surface area contributed by atoms with Crippen molar-refractivity contribution in [3.8, 4) is 11.8 Å². The molecule has 1 fully saturated rings. The second-order valence-electron chi connectivity index (χ2n) is 5.69. The van der Waals surface area contributed by atoms with Gasteiger partial charge in [0.05, 0.1) is 13.2 Å². The molecule has 0 atom stereocenters. The summed E-state index contributed by atoms with van der Waals surface area (Å²) in [5, 5.41) is 8.80. The van der Waals surface area contributed by atoms with Gasteiger partial charge in [-0.25, -0.2) is 0 Å². The molecule has 0 amide bonds. The molecule has 0 heterocycles. The van der Waals surface area contributed by atoms with Crippen LogP contribution >= 0.6 is 0 Å². The second-order valence-corrected chi connectivity index (χ2v) is 5.69. The maximum atomic E-state index is 8.80. The van der Waals surface area contributed by atoms with Crippen LogP contribution in [0.2, 0.25) is 0 Å². The molecule has 0 spiro atoms. The summed E-state index contributed by atoms with van der Waals surface area (Å²) in [6.45, 7) is 3.65. The van der Waals surface area contributed by atoms with Gasteiger partial charge in [-0.05, 0) is 37.4 Å². The molecule has 0 saturated heterocycles. The maximum Gasteiger partial charge on any atom is 0.0593 e. The van der Waals surface area contributed by atoms with E-state index < -0.39 is 0 Å². The molecule has 1 aromatic rings. The molecule has 21 heavy (non-hydrogen) atoms. The fourth-order valence-electron chi connectivity index (χ4n) is 2.12. The highest BCUT2D eigenvalue weighted by molar-refractivity contribution is 5.41. The lowest BCUT2D eigenvalue weighted by Crippen LogP contribution is -2.23. The van der Waals surface area contributed by atoms with Crippen LogP contribution in [0.15, 0.2) is 24.3 Å². The molecular weight excluding hydrogens is 262 g/mol. The van der Waals surface area contributed by atoms with Crippen molar-refractivity contribution in [2.24, 2.45) is 5.92 Å². The fourth-order valence-corrected chi connectivity index (χ4v) is 2.12. The number of hydrogen-bond donors (Lipinski definition) is 1. The Morgan fingerprint density at radius 2 is 2.14 bits per heavy atom. The first-order valence-corrected chi connectivity index (χ1v) is 7.73. The summed E-state index contributed by atoms with van der Waals surface area (Å²) in [6, 6.07) is 8.21. The molecule has 0 unspecified atom stereocenters. The van der Waals surface area contributed by atoms with Gasteiger partial charge in [-0.1, -0.05) is 30.0 Å². The highest BCUT2D eigenvalue weighted by Crippen LogP contribution is 2.28. The monoisotopic (exact) mass is 287 g/mol. The lowest BCUT2D eigenvalue weighted by atomic mass is 10.1. The van der Waals surface area contributed by atoms with Crippen molar-refractivity contribution in [2.45, 2.75) is 25.8 Å². The van der Waals surface area contributed by atoms with E-state index in [1.807, 2.05) is 18.2 Å². The average Bonchev–Trinajstić information content (AvgIpc) is 3.30. The highest BCUT2D eigenvalue weighted by atomic mass is 16.5. The molecule has 1 N–H and O–H groups in total. The SMILES string of the molecule is CN(CCOCC1CC1)Cc1ccccc1C#CCCO. The Morgan fingerprint density at radius 3 is 2.90 bits per heavy atom. The molecule has 0 aliphatic heterocycles. The van der Waals surface area contributed by atoms with Crippen molar-refractivity contribution in [1.29, 1.82) is 0 Å². The molecule has 1 aliphatic carbocycles. The van der Waals surface area contributed by atoms with Gasteiger partial charge in [-0.15, -0.1) is 0 Å². The zero-order valence-corrected chi connectivity index (χ0v) is 12.8. The molecule has 3 heteroatoms. The summed E-state index contributed by atoms with van der Waals surface area (Å²) < 4.78 is 5.68. The molecule has 0 radical (unpaired) electrons. The minimum absolute atomic E-state index is 0.118. The standard InChI is InChI=1S/C18H25NO2/c1-19(11-13-21-15-16-9-10-16)14-18-8-3-2-6-17(18)7-4-5-12-20/h2-3,6,8,16,20H,5,9-15H2,1H3. The third-order valence-electron chi connectivity index (χ3n) is 3.59. The van der Waals surface area contributed by atoms with Crippen LogP contribution in [0.1, 0.15) is 30.4 Å². The van der Waals surface area contributed by atoms with Crippen molar-refractivity contribution >= 4 is 0 Å². The molecule has 1 aromatic carbocycles. The number of aliphatic hydroxyl groups excluding tert-OH is 1. The summed E-state index contributed by atoms with van der Waals surface area (Å²) in [6.07, 6.45) is 3.21. The number of nitrogens with zero attached hydrogens (tertiary/aromatic N) is 1. The van der Waals surface area contributed by atoms with Crippen LogP contribution in [0, 0.1) is 17.8 Å². The largest absolute Gasteiger partial charge is 0.395 e. The van der Waals surface area contributed by atoms with Gasteiger partial charge in [-0.3, -0.25) is 4.90 Å². The van der Waals surface area contributed by atoms with E-state index in [0.29, 0.717) is 6.42 Å². The molecule has 1 aliphatic rings. The minimum Gasteiger partial charge on any atom is -0.395 e. The van der Waals surface area contributed by atoms with Crippen LogP contribution < -0.4 is 0 Å². The van der Waals surface area contributed by atoms with Crippen molar-refractivity contribution in [3.05, 3.63) is 35.4 Å². The topological polar surface area (TPSA) is 32.7 Å². The summed E-state index contributed by atoms with van der Waals surface area (Å²) in [5.41, 5.74) is 2.28. The van der Waals surface area contributed by atoms with E-state index in [4.69, 9.17) is 9.84 Å². The van der Waals surface area contributed by atoms with Crippen molar-refractivity contribution in [2.75, 3.05) is 33.4 Å². The van der Waals surface area contributed by atoms with E-state index >= 15 is 0 Å². The summed E-state index contributed by atoms with van der Waals surface area (Å²) in [5.74, 6) is 6.97. The lowest BCUT2D eigenvalue weighted by molar-refractivity contribution is 0.102. The van der Waals surface area contributed by atoms with Gasteiger partial charge in [0, 0.05) is 31.7 Å². The molecule has 3 nitrogen and oxygen atoms in total. The van der Waals surface area contributed by atoms with E-state index in [1.165, 1.54) is 18.4 Å². The Labute approximate surface area is 127 Å². The maximum absolute atomic E-state index is 8.80. The predicted molar refractivity (Wildman–Crippen MR) is 84.9 cm³/mol. The zero-order chi connectivity index (χ0) is 14.9. The third-order valence-corrected chi connectivity index (χ3v) is 3.59. The van der Waals surface area contributed by atoms with E-state index in [2.05, 4.69) is 29.9 Å². The first kappa shape index (κ1) is 16.0. The number of ether oxygens (including phenoxy) is 1. The van der Waals surface area contributed by atoms with Gasteiger partial charge in [0.15, 0.2) is 0 Å². The van der Waals surface area contributed by atoms with Gasteiger partial charge >= 0.3 is 0 Å². The van der Waals surface area contributed by atoms with Gasteiger partial charge in [0.25, 0.3) is 0 Å². The van der Waals surface area contributed by atoms with Crippen molar-refractivity contribution in [3.63, 3.8) is 0 Å². The smallest absolute Gasteiger partial charge is 0.0593 e. The van der Waals surface area contributed by atoms with E-state index in [-0.39, 0.29) is 6.61 Å². The number of benzene rings is 1. The van der Waals surface area contributed by atoms with Gasteiger partial charge in [0.1, 0.15) is 0 Å². The first-order valence-electron chi connectivity index (χ1n) is 7.73. The third kappa shape index (κ3) is 6.31. The normalized spacial score (nSPS) is 14.0. The highest BCUT2D eigenvalue weighted by Gasteiger charge is 2.20. The van der Waals surface area contributed by atoms with E-state index in [0.717, 1.165) is 37.8 Å². The van der Waals surface area contributed by atoms with Crippen LogP contribution in [-0.2, 0) is 11.3 Å². The Morgan fingerprint density at radius 1 is 1.33 bits per heavy atom. The number of hydrogen-bond acceptors (Lipinski definition) is 3. The van der Waals surface area contributed by atoms with Gasteiger partial charge in [0.2, 0.25) is 0 Å².